The van der Waals surface area contributed by atoms with E-state index in [9.17, 15) is 9.90 Å². The first-order valence-corrected chi connectivity index (χ1v) is 8.18. The van der Waals surface area contributed by atoms with Crippen LogP contribution < -0.4 is 5.06 Å². The van der Waals surface area contributed by atoms with E-state index in [1.165, 1.54) is 5.06 Å². The van der Waals surface area contributed by atoms with Crippen molar-refractivity contribution in [2.75, 3.05) is 5.06 Å². The second-order valence-corrected chi connectivity index (χ2v) is 6.42. The largest absolute Gasteiger partial charge is 0.479 e. The molecule has 0 amide bonds. The maximum atomic E-state index is 11.9. The van der Waals surface area contributed by atoms with Gasteiger partial charge in [0.15, 0.2) is 5.54 Å². The van der Waals surface area contributed by atoms with Gasteiger partial charge in [0.1, 0.15) is 0 Å². The van der Waals surface area contributed by atoms with Crippen LogP contribution >= 0.6 is 0 Å². The van der Waals surface area contributed by atoms with Crippen LogP contribution in [-0.2, 0) is 16.2 Å². The monoisotopic (exact) mass is 335 g/mol. The van der Waals surface area contributed by atoms with Gasteiger partial charge in [0.2, 0.25) is 0 Å². The van der Waals surface area contributed by atoms with Gasteiger partial charge in [0, 0.05) is 5.39 Å². The summed E-state index contributed by atoms with van der Waals surface area (Å²) in [5, 5.41) is 13.2. The molecule has 25 heavy (non-hydrogen) atoms. The summed E-state index contributed by atoms with van der Waals surface area (Å²) in [7, 11) is 0. The summed E-state index contributed by atoms with van der Waals surface area (Å²) in [4.78, 5) is 17.9. The molecule has 3 aromatic carbocycles. The van der Waals surface area contributed by atoms with Crippen molar-refractivity contribution < 1.29 is 14.7 Å². The third kappa shape index (κ3) is 3.49. The molecule has 0 atom stereocenters. The van der Waals surface area contributed by atoms with Crippen molar-refractivity contribution in [2.45, 2.75) is 26.0 Å². The highest BCUT2D eigenvalue weighted by Gasteiger charge is 2.37. The molecule has 0 aliphatic rings. The van der Waals surface area contributed by atoms with Gasteiger partial charge in [-0.1, -0.05) is 66.7 Å². The summed E-state index contributed by atoms with van der Waals surface area (Å²) < 4.78 is 0. The number of anilines is 1. The van der Waals surface area contributed by atoms with Crippen LogP contribution in [0.15, 0.2) is 72.8 Å². The third-order valence-corrected chi connectivity index (χ3v) is 4.22. The molecule has 3 rings (SSSR count). The van der Waals surface area contributed by atoms with E-state index in [2.05, 4.69) is 0 Å². The Hall–Kier alpha value is -2.85. The molecule has 0 aliphatic heterocycles. The predicted molar refractivity (Wildman–Crippen MR) is 99.4 cm³/mol. The van der Waals surface area contributed by atoms with Crippen molar-refractivity contribution in [1.29, 1.82) is 0 Å². The van der Waals surface area contributed by atoms with E-state index < -0.39 is 11.5 Å². The maximum Gasteiger partial charge on any atom is 0.331 e. The SMILES string of the molecule is CC(C)(C(=O)O)N(OCc1ccccc1)c1cccc2ccccc12. The molecule has 0 aromatic heterocycles. The molecular weight excluding hydrogens is 314 g/mol. The smallest absolute Gasteiger partial charge is 0.331 e. The van der Waals surface area contributed by atoms with Crippen molar-refractivity contribution >= 4 is 22.4 Å². The van der Waals surface area contributed by atoms with Gasteiger partial charge in [-0.3, -0.25) is 4.84 Å². The Morgan fingerprint density at radius 3 is 2.32 bits per heavy atom. The van der Waals surface area contributed by atoms with Crippen LogP contribution in [0, 0.1) is 0 Å². The summed E-state index contributed by atoms with van der Waals surface area (Å²) in [6.45, 7) is 3.57. The summed E-state index contributed by atoms with van der Waals surface area (Å²) in [6.07, 6.45) is 0. The van der Waals surface area contributed by atoms with Crippen LogP contribution in [-0.4, -0.2) is 16.6 Å². The number of hydroxylamine groups is 1. The number of benzene rings is 3. The van der Waals surface area contributed by atoms with Crippen molar-refractivity contribution in [3.8, 4) is 0 Å². The van der Waals surface area contributed by atoms with Gasteiger partial charge in [-0.25, -0.2) is 9.86 Å². The quantitative estimate of drug-likeness (QED) is 0.667. The summed E-state index contributed by atoms with van der Waals surface area (Å²) in [6, 6.07) is 23.4. The molecule has 0 heterocycles. The number of carboxylic acid groups (broad SMARTS) is 1. The van der Waals surface area contributed by atoms with E-state index in [0.717, 1.165) is 22.0 Å². The number of rotatable bonds is 6. The molecule has 4 nitrogen and oxygen atoms in total. The Kier molecular flexibility index (Phi) is 4.72. The Morgan fingerprint density at radius 2 is 1.60 bits per heavy atom. The van der Waals surface area contributed by atoms with Crippen molar-refractivity contribution in [3.63, 3.8) is 0 Å². The molecule has 128 valence electrons. The summed E-state index contributed by atoms with van der Waals surface area (Å²) >= 11 is 0. The Balaban J connectivity index is 2.02. The van der Waals surface area contributed by atoms with Gasteiger partial charge in [-0.15, -0.1) is 0 Å². The summed E-state index contributed by atoms with van der Waals surface area (Å²) in [5.41, 5.74) is 0.495. The van der Waals surface area contributed by atoms with Crippen molar-refractivity contribution in [1.82, 2.24) is 0 Å². The molecule has 0 spiro atoms. The maximum absolute atomic E-state index is 11.9. The lowest BCUT2D eigenvalue weighted by Gasteiger charge is -2.36. The molecule has 4 heteroatoms. The predicted octanol–water partition coefficient (Wildman–Crippen LogP) is 4.64. The zero-order chi connectivity index (χ0) is 17.9. The van der Waals surface area contributed by atoms with Gasteiger partial charge in [0.05, 0.1) is 12.3 Å². The number of hydrogen-bond donors (Lipinski definition) is 1. The van der Waals surface area contributed by atoms with Crippen LogP contribution in [0.2, 0.25) is 0 Å². The number of aliphatic carboxylic acids is 1. The fraction of sp³-hybridized carbons (Fsp3) is 0.190. The first-order chi connectivity index (χ1) is 12.0. The lowest BCUT2D eigenvalue weighted by Crippen LogP contribution is -2.50. The lowest BCUT2D eigenvalue weighted by molar-refractivity contribution is -0.145. The minimum atomic E-state index is -1.22. The van der Waals surface area contributed by atoms with Crippen LogP contribution in [0.5, 0.6) is 0 Å². The minimum Gasteiger partial charge on any atom is -0.479 e. The minimum absolute atomic E-state index is 0.292. The second-order valence-electron chi connectivity index (χ2n) is 6.42. The number of fused-ring (bicyclic) bond motifs is 1. The Labute approximate surface area is 147 Å². The first kappa shape index (κ1) is 17.0. The molecule has 0 aliphatic carbocycles. The van der Waals surface area contributed by atoms with Crippen molar-refractivity contribution in [2.24, 2.45) is 0 Å². The number of nitrogens with zero attached hydrogens (tertiary/aromatic N) is 1. The molecular formula is C21H21NO3. The average Bonchev–Trinajstić information content (AvgIpc) is 2.62. The van der Waals surface area contributed by atoms with Crippen LogP contribution in [0.25, 0.3) is 10.8 Å². The molecule has 0 saturated carbocycles. The van der Waals surface area contributed by atoms with E-state index >= 15 is 0 Å². The Morgan fingerprint density at radius 1 is 0.960 bits per heavy atom. The van der Waals surface area contributed by atoms with Crippen molar-refractivity contribution in [3.05, 3.63) is 78.4 Å². The normalized spacial score (nSPS) is 11.4. The highest BCUT2D eigenvalue weighted by Crippen LogP contribution is 2.32. The van der Waals surface area contributed by atoms with E-state index in [-0.39, 0.29) is 0 Å². The van der Waals surface area contributed by atoms with Gasteiger partial charge < -0.3 is 5.11 Å². The van der Waals surface area contributed by atoms with E-state index in [4.69, 9.17) is 4.84 Å². The molecule has 1 N–H and O–H groups in total. The fourth-order valence-electron chi connectivity index (χ4n) is 2.72. The number of carbonyl (C=O) groups is 1. The Bertz CT molecular complexity index is 869. The second kappa shape index (κ2) is 6.95. The molecule has 0 unspecified atom stereocenters. The molecule has 0 saturated heterocycles. The van der Waals surface area contributed by atoms with Gasteiger partial charge >= 0.3 is 5.97 Å². The fourth-order valence-corrected chi connectivity index (χ4v) is 2.72. The van der Waals surface area contributed by atoms with Gasteiger partial charge in [-0.2, -0.15) is 0 Å². The van der Waals surface area contributed by atoms with Gasteiger partial charge in [-0.05, 0) is 30.9 Å². The highest BCUT2D eigenvalue weighted by atomic mass is 16.7. The van der Waals surface area contributed by atoms with E-state index in [1.807, 2.05) is 72.8 Å². The number of carboxylic acids is 1. The lowest BCUT2D eigenvalue weighted by atomic mass is 10.0. The molecule has 0 fully saturated rings. The number of hydrogen-bond acceptors (Lipinski definition) is 3. The van der Waals surface area contributed by atoms with E-state index in [0.29, 0.717) is 6.61 Å². The van der Waals surface area contributed by atoms with E-state index in [1.54, 1.807) is 13.8 Å². The molecule has 3 aromatic rings. The average molecular weight is 335 g/mol. The topological polar surface area (TPSA) is 49.8 Å². The molecule has 0 radical (unpaired) electrons. The zero-order valence-corrected chi connectivity index (χ0v) is 14.3. The third-order valence-electron chi connectivity index (χ3n) is 4.22. The first-order valence-electron chi connectivity index (χ1n) is 8.18. The van der Waals surface area contributed by atoms with Crippen LogP contribution in [0.1, 0.15) is 19.4 Å². The zero-order valence-electron chi connectivity index (χ0n) is 14.3. The standard InChI is InChI=1S/C21H21NO3/c1-21(2,20(23)24)22(25-15-16-9-4-3-5-10-16)19-14-8-12-17-11-6-7-13-18(17)19/h3-14H,15H2,1-2H3,(H,23,24). The van der Waals surface area contributed by atoms with Crippen LogP contribution in [0.4, 0.5) is 5.69 Å². The summed E-state index contributed by atoms with van der Waals surface area (Å²) in [5.74, 6) is -0.950. The van der Waals surface area contributed by atoms with Gasteiger partial charge in [0.25, 0.3) is 0 Å². The molecule has 0 bridgehead atoms. The highest BCUT2D eigenvalue weighted by molar-refractivity contribution is 5.96. The van der Waals surface area contributed by atoms with Crippen LogP contribution in [0.3, 0.4) is 0 Å².